The monoisotopic (exact) mass is 484 g/mol. The lowest BCUT2D eigenvalue weighted by Gasteiger charge is -2.34. The van der Waals surface area contributed by atoms with Crippen LogP contribution in [0.1, 0.15) is 37.8 Å². The predicted octanol–water partition coefficient (Wildman–Crippen LogP) is 4.10. The predicted molar refractivity (Wildman–Crippen MR) is 124 cm³/mol. The number of nitrogens with one attached hydrogen (secondary N) is 2. The molecule has 1 aromatic heterocycles. The quantitative estimate of drug-likeness (QED) is 0.369. The zero-order valence-corrected chi connectivity index (χ0v) is 19.1. The number of H-pyrrole nitrogens is 1. The summed E-state index contributed by atoms with van der Waals surface area (Å²) in [5.41, 5.74) is 3.89. The molecule has 1 aliphatic heterocycles. The molecule has 2 N–H and O–H groups in total. The summed E-state index contributed by atoms with van der Waals surface area (Å²) in [6.45, 7) is 10.9. The van der Waals surface area contributed by atoms with Crippen molar-refractivity contribution in [1.29, 1.82) is 0 Å². The van der Waals surface area contributed by atoms with E-state index >= 15 is 0 Å². The lowest BCUT2D eigenvalue weighted by Crippen LogP contribution is -2.47. The van der Waals surface area contributed by atoms with Crippen molar-refractivity contribution in [2.24, 2.45) is 4.99 Å². The number of halogens is 1. The highest BCUT2D eigenvalue weighted by Gasteiger charge is 2.21. The second kappa shape index (κ2) is 10.9. The Hall–Kier alpha value is -1.28. The molecule has 0 atom stereocenters. The van der Waals surface area contributed by atoms with Crippen molar-refractivity contribution in [2.75, 3.05) is 32.8 Å². The Balaban J connectivity index is 0.00000261. The summed E-state index contributed by atoms with van der Waals surface area (Å²) in [6.07, 6.45) is 5.66. The van der Waals surface area contributed by atoms with Crippen molar-refractivity contribution in [3.63, 3.8) is 0 Å². The number of hydrogen-bond donors (Lipinski definition) is 2. The zero-order chi connectivity index (χ0) is 18.4. The fourth-order valence-electron chi connectivity index (χ4n) is 3.75. The highest BCUT2D eigenvalue weighted by molar-refractivity contribution is 14.0. The van der Waals surface area contributed by atoms with Gasteiger partial charge >= 0.3 is 0 Å². The lowest BCUT2D eigenvalue weighted by molar-refractivity contribution is 0.0264. The van der Waals surface area contributed by atoms with Gasteiger partial charge < -0.3 is 19.9 Å². The average molecular weight is 484 g/mol. The first-order chi connectivity index (χ1) is 12.7. The number of aliphatic imine (C=N–C) groups is 1. The molecule has 150 valence electrons. The number of guanidine groups is 1. The fraction of sp³-hybridized carbons (Fsp3) is 0.571. The molecule has 0 unspecified atom stereocenters. The van der Waals surface area contributed by atoms with E-state index < -0.39 is 0 Å². The molecule has 1 aromatic carbocycles. The number of piperidine rings is 1. The van der Waals surface area contributed by atoms with Gasteiger partial charge in [0.15, 0.2) is 5.96 Å². The molecule has 1 fully saturated rings. The number of hydrogen-bond acceptors (Lipinski definition) is 2. The van der Waals surface area contributed by atoms with Gasteiger partial charge in [0.2, 0.25) is 0 Å². The maximum absolute atomic E-state index is 5.76. The van der Waals surface area contributed by atoms with Crippen LogP contribution in [0.25, 0.3) is 10.9 Å². The smallest absolute Gasteiger partial charge is 0.193 e. The molecule has 0 radical (unpaired) electrons. The highest BCUT2D eigenvalue weighted by atomic mass is 127. The minimum Gasteiger partial charge on any atom is -0.378 e. The molecule has 0 amide bonds. The number of aromatic amines is 1. The van der Waals surface area contributed by atoms with E-state index in [1.807, 2.05) is 0 Å². The van der Waals surface area contributed by atoms with Crippen LogP contribution in [0.15, 0.2) is 29.4 Å². The highest BCUT2D eigenvalue weighted by Crippen LogP contribution is 2.21. The molecule has 6 heteroatoms. The molecular formula is C21H33IN4O. The van der Waals surface area contributed by atoms with Gasteiger partial charge in [-0.1, -0.05) is 18.2 Å². The van der Waals surface area contributed by atoms with E-state index in [0.29, 0.717) is 6.10 Å². The van der Waals surface area contributed by atoms with E-state index in [0.717, 1.165) is 58.0 Å². The third-order valence-corrected chi connectivity index (χ3v) is 5.13. The van der Waals surface area contributed by atoms with E-state index in [2.05, 4.69) is 60.4 Å². The van der Waals surface area contributed by atoms with Gasteiger partial charge in [0.05, 0.1) is 6.10 Å². The maximum Gasteiger partial charge on any atom is 0.193 e. The number of benzene rings is 1. The Kier molecular flexibility index (Phi) is 8.89. The van der Waals surface area contributed by atoms with Gasteiger partial charge in [-0.2, -0.15) is 0 Å². The van der Waals surface area contributed by atoms with Gasteiger partial charge in [-0.3, -0.25) is 4.99 Å². The first-order valence-corrected chi connectivity index (χ1v) is 9.93. The third kappa shape index (κ3) is 5.60. The van der Waals surface area contributed by atoms with Gasteiger partial charge in [0, 0.05) is 49.9 Å². The summed E-state index contributed by atoms with van der Waals surface area (Å²) < 4.78 is 5.76. The Morgan fingerprint density at radius 2 is 2.07 bits per heavy atom. The van der Waals surface area contributed by atoms with Crippen LogP contribution < -0.4 is 5.32 Å². The summed E-state index contributed by atoms with van der Waals surface area (Å²) >= 11 is 0. The van der Waals surface area contributed by atoms with Crippen LogP contribution in [0.5, 0.6) is 0 Å². The number of nitrogens with zero attached hydrogens (tertiary/aromatic N) is 2. The molecule has 0 saturated carbocycles. The first-order valence-electron chi connectivity index (χ1n) is 9.93. The molecule has 3 rings (SSSR count). The SMILES string of the molecule is CCNC(=NCCc1c[nH]c2c(C)cccc12)N1CCC(OCC)CC1.I. The van der Waals surface area contributed by atoms with Crippen molar-refractivity contribution in [1.82, 2.24) is 15.2 Å². The summed E-state index contributed by atoms with van der Waals surface area (Å²) in [5.74, 6) is 1.04. The van der Waals surface area contributed by atoms with Gasteiger partial charge in [0.1, 0.15) is 0 Å². The summed E-state index contributed by atoms with van der Waals surface area (Å²) in [6, 6.07) is 6.47. The summed E-state index contributed by atoms with van der Waals surface area (Å²) in [7, 11) is 0. The van der Waals surface area contributed by atoms with Crippen LogP contribution in [0, 0.1) is 6.92 Å². The molecule has 1 aliphatic rings. The molecule has 27 heavy (non-hydrogen) atoms. The van der Waals surface area contributed by atoms with Crippen molar-refractivity contribution in [2.45, 2.75) is 46.1 Å². The molecule has 0 bridgehead atoms. The summed E-state index contributed by atoms with van der Waals surface area (Å²) in [5, 5.41) is 4.77. The number of aromatic nitrogens is 1. The minimum absolute atomic E-state index is 0. The molecule has 2 heterocycles. The zero-order valence-electron chi connectivity index (χ0n) is 16.8. The summed E-state index contributed by atoms with van der Waals surface area (Å²) in [4.78, 5) is 10.7. The number of para-hydroxylation sites is 1. The number of aryl methyl sites for hydroxylation is 1. The van der Waals surface area contributed by atoms with Gasteiger partial charge in [-0.25, -0.2) is 0 Å². The number of rotatable bonds is 6. The van der Waals surface area contributed by atoms with Crippen molar-refractivity contribution >= 4 is 40.8 Å². The maximum atomic E-state index is 5.76. The molecule has 1 saturated heterocycles. The standard InChI is InChI=1S/C21H32N4O.HI/c1-4-22-21(25-13-10-18(11-14-25)26-5-2)23-12-9-17-15-24-20-16(3)7-6-8-19(17)20;/h6-8,15,18,24H,4-5,9-14H2,1-3H3,(H,22,23);1H. The Morgan fingerprint density at radius 3 is 2.78 bits per heavy atom. The van der Waals surface area contributed by atoms with E-state index in [4.69, 9.17) is 9.73 Å². The number of ether oxygens (including phenoxy) is 1. The van der Waals surface area contributed by atoms with Crippen molar-refractivity contribution in [3.05, 3.63) is 35.5 Å². The molecular weight excluding hydrogens is 451 g/mol. The van der Waals surface area contributed by atoms with Crippen molar-refractivity contribution < 1.29 is 4.74 Å². The van der Waals surface area contributed by atoms with E-state index in [-0.39, 0.29) is 24.0 Å². The number of fused-ring (bicyclic) bond motifs is 1. The number of likely N-dealkylation sites (tertiary alicyclic amines) is 1. The van der Waals surface area contributed by atoms with Gasteiger partial charge in [-0.15, -0.1) is 24.0 Å². The molecule has 0 aliphatic carbocycles. The normalized spacial score (nSPS) is 15.8. The Morgan fingerprint density at radius 1 is 1.30 bits per heavy atom. The minimum atomic E-state index is 0. The van der Waals surface area contributed by atoms with Crippen LogP contribution >= 0.6 is 24.0 Å². The molecule has 5 nitrogen and oxygen atoms in total. The second-order valence-corrected chi connectivity index (χ2v) is 6.94. The van der Waals surface area contributed by atoms with Crippen molar-refractivity contribution in [3.8, 4) is 0 Å². The van der Waals surface area contributed by atoms with Crippen LogP contribution in [-0.4, -0.2) is 54.7 Å². The van der Waals surface area contributed by atoms with E-state index in [1.165, 1.54) is 22.0 Å². The van der Waals surface area contributed by atoms with Crippen LogP contribution in [-0.2, 0) is 11.2 Å². The lowest BCUT2D eigenvalue weighted by atomic mass is 10.1. The second-order valence-electron chi connectivity index (χ2n) is 6.94. The van der Waals surface area contributed by atoms with Crippen LogP contribution in [0.4, 0.5) is 0 Å². The van der Waals surface area contributed by atoms with E-state index in [1.54, 1.807) is 0 Å². The fourth-order valence-corrected chi connectivity index (χ4v) is 3.75. The largest absolute Gasteiger partial charge is 0.378 e. The molecule has 0 spiro atoms. The first kappa shape index (κ1) is 22.0. The van der Waals surface area contributed by atoms with Gasteiger partial charge in [0.25, 0.3) is 0 Å². The Labute approximate surface area is 180 Å². The van der Waals surface area contributed by atoms with Gasteiger partial charge in [-0.05, 0) is 51.2 Å². The third-order valence-electron chi connectivity index (χ3n) is 5.13. The van der Waals surface area contributed by atoms with E-state index in [9.17, 15) is 0 Å². The topological polar surface area (TPSA) is 52.7 Å². The van der Waals surface area contributed by atoms with Crippen LogP contribution in [0.3, 0.4) is 0 Å². The Bertz CT molecular complexity index is 735. The molecule has 2 aromatic rings. The van der Waals surface area contributed by atoms with Crippen LogP contribution in [0.2, 0.25) is 0 Å². The average Bonchev–Trinajstić information content (AvgIpc) is 3.07.